The van der Waals surface area contributed by atoms with E-state index in [1.54, 1.807) is 18.2 Å². The average Bonchev–Trinajstić information content (AvgIpc) is 3.13. The van der Waals surface area contributed by atoms with Gasteiger partial charge in [0.2, 0.25) is 5.76 Å². The van der Waals surface area contributed by atoms with Crippen LogP contribution in [0.3, 0.4) is 0 Å². The maximum Gasteiger partial charge on any atom is 0.434 e. The lowest BCUT2D eigenvalue weighted by atomic mass is 10.0. The lowest BCUT2D eigenvalue weighted by Gasteiger charge is -2.07. The molecule has 0 aliphatic rings. The molecule has 0 aliphatic carbocycles. The standard InChI is InChI=1S/C19H15N3O5/c20-18(23)17-15(10-16(27-17)22(25)26)13-7-4-8-14(9-13)19(24)21-11-12-5-2-1-3-6-12/h1-10H,11H2,(H2,20,23)(H,21,24). The fourth-order valence-electron chi connectivity index (χ4n) is 2.57. The van der Waals surface area contributed by atoms with Gasteiger partial charge in [-0.1, -0.05) is 42.5 Å². The number of hydrogen-bond donors (Lipinski definition) is 2. The summed E-state index contributed by atoms with van der Waals surface area (Å²) >= 11 is 0. The molecule has 136 valence electrons. The number of carbonyl (C=O) groups is 2. The number of furan rings is 1. The van der Waals surface area contributed by atoms with E-state index in [1.807, 2.05) is 30.3 Å². The van der Waals surface area contributed by atoms with Crippen LogP contribution < -0.4 is 11.1 Å². The summed E-state index contributed by atoms with van der Waals surface area (Å²) in [6.45, 7) is 0.355. The molecule has 0 aliphatic heterocycles. The molecule has 2 aromatic carbocycles. The van der Waals surface area contributed by atoms with Crippen LogP contribution >= 0.6 is 0 Å². The largest absolute Gasteiger partial charge is 0.434 e. The smallest absolute Gasteiger partial charge is 0.395 e. The van der Waals surface area contributed by atoms with Gasteiger partial charge in [0.25, 0.3) is 11.8 Å². The van der Waals surface area contributed by atoms with Crippen molar-refractivity contribution in [3.63, 3.8) is 0 Å². The third-order valence-corrected chi connectivity index (χ3v) is 3.85. The summed E-state index contributed by atoms with van der Waals surface area (Å²) in [5, 5.41) is 13.7. The van der Waals surface area contributed by atoms with Gasteiger partial charge in [-0.3, -0.25) is 19.7 Å². The molecule has 8 heteroatoms. The van der Waals surface area contributed by atoms with Gasteiger partial charge in [-0.15, -0.1) is 0 Å². The van der Waals surface area contributed by atoms with Crippen LogP contribution in [0.4, 0.5) is 5.88 Å². The fraction of sp³-hybridized carbons (Fsp3) is 0.0526. The number of primary amides is 1. The highest BCUT2D eigenvalue weighted by atomic mass is 16.6. The Balaban J connectivity index is 1.86. The molecule has 27 heavy (non-hydrogen) atoms. The van der Waals surface area contributed by atoms with Crippen molar-refractivity contribution in [2.45, 2.75) is 6.54 Å². The van der Waals surface area contributed by atoms with E-state index in [2.05, 4.69) is 5.32 Å². The topological polar surface area (TPSA) is 128 Å². The predicted octanol–water partition coefficient (Wildman–Crippen LogP) is 2.88. The molecule has 8 nitrogen and oxygen atoms in total. The van der Waals surface area contributed by atoms with Gasteiger partial charge in [0.05, 0.1) is 6.07 Å². The van der Waals surface area contributed by atoms with E-state index in [0.717, 1.165) is 11.6 Å². The Hall–Kier alpha value is -3.94. The number of nitrogens with zero attached hydrogens (tertiary/aromatic N) is 1. The molecule has 2 amide bonds. The van der Waals surface area contributed by atoms with Crippen molar-refractivity contribution in [3.8, 4) is 11.1 Å². The highest BCUT2D eigenvalue weighted by molar-refractivity contribution is 5.99. The maximum absolute atomic E-state index is 12.4. The molecular formula is C19H15N3O5. The van der Waals surface area contributed by atoms with Crippen molar-refractivity contribution in [2.75, 3.05) is 0 Å². The summed E-state index contributed by atoms with van der Waals surface area (Å²) in [7, 11) is 0. The summed E-state index contributed by atoms with van der Waals surface area (Å²) < 4.78 is 4.92. The van der Waals surface area contributed by atoms with E-state index in [9.17, 15) is 19.7 Å². The van der Waals surface area contributed by atoms with Crippen LogP contribution in [-0.4, -0.2) is 16.7 Å². The van der Waals surface area contributed by atoms with Gasteiger partial charge >= 0.3 is 5.88 Å². The van der Waals surface area contributed by atoms with E-state index in [4.69, 9.17) is 10.2 Å². The van der Waals surface area contributed by atoms with Crippen LogP contribution in [0.2, 0.25) is 0 Å². The number of rotatable bonds is 6. The van der Waals surface area contributed by atoms with Crippen molar-refractivity contribution in [2.24, 2.45) is 5.73 Å². The van der Waals surface area contributed by atoms with Crippen molar-refractivity contribution < 1.29 is 18.9 Å². The summed E-state index contributed by atoms with van der Waals surface area (Å²) in [6, 6.07) is 16.9. The van der Waals surface area contributed by atoms with E-state index < -0.39 is 16.7 Å². The molecule has 0 spiro atoms. The van der Waals surface area contributed by atoms with Crippen molar-refractivity contribution in [1.82, 2.24) is 5.32 Å². The number of nitrogens with two attached hydrogens (primary N) is 1. The Bertz CT molecular complexity index is 1010. The Labute approximate surface area is 153 Å². The monoisotopic (exact) mass is 365 g/mol. The fourth-order valence-corrected chi connectivity index (χ4v) is 2.57. The Kier molecular flexibility index (Phi) is 4.98. The minimum atomic E-state index is -0.933. The average molecular weight is 365 g/mol. The lowest BCUT2D eigenvalue weighted by Crippen LogP contribution is -2.22. The van der Waals surface area contributed by atoms with E-state index >= 15 is 0 Å². The zero-order chi connectivity index (χ0) is 19.4. The maximum atomic E-state index is 12.4. The second-order valence-corrected chi connectivity index (χ2v) is 5.70. The molecule has 0 saturated carbocycles. The van der Waals surface area contributed by atoms with Crippen LogP contribution in [0.1, 0.15) is 26.5 Å². The molecule has 0 radical (unpaired) electrons. The number of nitrogens with one attached hydrogen (secondary N) is 1. The van der Waals surface area contributed by atoms with Crippen molar-refractivity contribution in [1.29, 1.82) is 0 Å². The quantitative estimate of drug-likeness (QED) is 0.513. The second-order valence-electron chi connectivity index (χ2n) is 5.70. The first-order valence-corrected chi connectivity index (χ1v) is 7.96. The molecule has 3 aromatic rings. The van der Waals surface area contributed by atoms with Gasteiger partial charge in [-0.2, -0.15) is 0 Å². The lowest BCUT2D eigenvalue weighted by molar-refractivity contribution is -0.402. The third kappa shape index (κ3) is 4.01. The van der Waals surface area contributed by atoms with E-state index in [-0.39, 0.29) is 17.2 Å². The van der Waals surface area contributed by atoms with Gasteiger partial charge in [-0.25, -0.2) is 0 Å². The van der Waals surface area contributed by atoms with Gasteiger partial charge in [0.1, 0.15) is 4.92 Å². The first-order chi connectivity index (χ1) is 13.0. The summed E-state index contributed by atoms with van der Waals surface area (Å²) in [5.74, 6) is -2.18. The van der Waals surface area contributed by atoms with E-state index in [0.29, 0.717) is 17.7 Å². The van der Waals surface area contributed by atoms with Crippen molar-refractivity contribution >= 4 is 17.7 Å². The molecule has 0 fully saturated rings. The molecule has 0 bridgehead atoms. The highest BCUT2D eigenvalue weighted by Crippen LogP contribution is 2.31. The van der Waals surface area contributed by atoms with Crippen LogP contribution in [0.5, 0.6) is 0 Å². The number of amides is 2. The summed E-state index contributed by atoms with van der Waals surface area (Å²) in [4.78, 5) is 34.1. The predicted molar refractivity (Wildman–Crippen MR) is 96.9 cm³/mol. The molecular weight excluding hydrogens is 350 g/mol. The normalized spacial score (nSPS) is 10.4. The van der Waals surface area contributed by atoms with Crippen LogP contribution in [0.15, 0.2) is 65.1 Å². The molecule has 1 heterocycles. The Morgan fingerprint density at radius 2 is 1.81 bits per heavy atom. The number of hydrogen-bond acceptors (Lipinski definition) is 5. The minimum absolute atomic E-state index is 0.159. The molecule has 1 aromatic heterocycles. The molecule has 3 N–H and O–H groups in total. The van der Waals surface area contributed by atoms with Gasteiger partial charge in [0.15, 0.2) is 0 Å². The SMILES string of the molecule is NC(=O)c1oc([N+](=O)[O-])cc1-c1cccc(C(=O)NCc2ccccc2)c1. The highest BCUT2D eigenvalue weighted by Gasteiger charge is 2.23. The Morgan fingerprint density at radius 1 is 1.07 bits per heavy atom. The third-order valence-electron chi connectivity index (χ3n) is 3.85. The van der Waals surface area contributed by atoms with Crippen molar-refractivity contribution in [3.05, 3.63) is 87.7 Å². The van der Waals surface area contributed by atoms with Gasteiger partial charge in [0, 0.05) is 17.7 Å². The zero-order valence-corrected chi connectivity index (χ0v) is 14.0. The number of nitro groups is 1. The number of carbonyl (C=O) groups excluding carboxylic acids is 2. The molecule has 3 rings (SSSR count). The molecule has 0 unspecified atom stereocenters. The summed E-state index contributed by atoms with van der Waals surface area (Å²) in [5.41, 5.74) is 7.09. The summed E-state index contributed by atoms with van der Waals surface area (Å²) in [6.07, 6.45) is 0. The second kappa shape index (κ2) is 7.52. The molecule has 0 atom stereocenters. The van der Waals surface area contributed by atoms with Crippen LogP contribution in [-0.2, 0) is 6.54 Å². The van der Waals surface area contributed by atoms with Gasteiger partial charge in [-0.05, 0) is 23.3 Å². The minimum Gasteiger partial charge on any atom is -0.395 e. The number of benzene rings is 2. The Morgan fingerprint density at radius 3 is 2.48 bits per heavy atom. The van der Waals surface area contributed by atoms with Gasteiger partial charge < -0.3 is 15.5 Å². The van der Waals surface area contributed by atoms with Crippen LogP contribution in [0.25, 0.3) is 11.1 Å². The first kappa shape index (κ1) is 17.9. The van der Waals surface area contributed by atoms with Crippen LogP contribution in [0, 0.1) is 10.1 Å². The molecule has 0 saturated heterocycles. The zero-order valence-electron chi connectivity index (χ0n) is 14.0. The van der Waals surface area contributed by atoms with E-state index in [1.165, 1.54) is 6.07 Å². The first-order valence-electron chi connectivity index (χ1n) is 7.96.